The van der Waals surface area contributed by atoms with Gasteiger partial charge in [0.15, 0.2) is 0 Å². The van der Waals surface area contributed by atoms with Crippen LogP contribution in [-0.4, -0.2) is 23.7 Å². The second-order valence-corrected chi connectivity index (χ2v) is 4.41. The number of carbonyl (C=O) groups excluding carboxylic acids is 1. The molecule has 0 heterocycles. The third-order valence-electron chi connectivity index (χ3n) is 2.65. The number of carbonyl (C=O) groups is 1. The molecule has 0 spiro atoms. The standard InChI is InChI=1S/C14H22N2O2/c1-3-6-13(18)10-15-9-12-7-4-5-8-14(12)16-11(2)17/h4-5,7-8,13,15,18H,3,6,9-10H2,1-2H3,(H,16,17). The smallest absolute Gasteiger partial charge is 0.221 e. The minimum Gasteiger partial charge on any atom is -0.392 e. The van der Waals surface area contributed by atoms with Gasteiger partial charge >= 0.3 is 0 Å². The van der Waals surface area contributed by atoms with Gasteiger partial charge in [-0.1, -0.05) is 31.5 Å². The van der Waals surface area contributed by atoms with Crippen LogP contribution in [0.25, 0.3) is 0 Å². The van der Waals surface area contributed by atoms with Gasteiger partial charge in [0, 0.05) is 25.7 Å². The van der Waals surface area contributed by atoms with Crippen molar-refractivity contribution in [2.24, 2.45) is 0 Å². The SMILES string of the molecule is CCCC(O)CNCc1ccccc1NC(C)=O. The van der Waals surface area contributed by atoms with E-state index in [2.05, 4.69) is 17.6 Å². The highest BCUT2D eigenvalue weighted by Gasteiger charge is 2.05. The van der Waals surface area contributed by atoms with Crippen molar-refractivity contribution in [3.63, 3.8) is 0 Å². The third kappa shape index (κ3) is 5.29. The number of aliphatic hydroxyl groups is 1. The van der Waals surface area contributed by atoms with Crippen molar-refractivity contribution in [1.29, 1.82) is 0 Å². The van der Waals surface area contributed by atoms with Gasteiger partial charge < -0.3 is 15.7 Å². The zero-order valence-electron chi connectivity index (χ0n) is 11.1. The fraction of sp³-hybridized carbons (Fsp3) is 0.500. The van der Waals surface area contributed by atoms with Crippen molar-refractivity contribution in [3.8, 4) is 0 Å². The molecular formula is C14H22N2O2. The van der Waals surface area contributed by atoms with Crippen LogP contribution in [0.3, 0.4) is 0 Å². The Morgan fingerprint density at radius 1 is 1.39 bits per heavy atom. The summed E-state index contributed by atoms with van der Waals surface area (Å²) in [6.07, 6.45) is 1.48. The van der Waals surface area contributed by atoms with Crippen LogP contribution in [0.2, 0.25) is 0 Å². The van der Waals surface area contributed by atoms with Crippen molar-refractivity contribution in [2.75, 3.05) is 11.9 Å². The van der Waals surface area contributed by atoms with Crippen molar-refractivity contribution >= 4 is 11.6 Å². The number of hydrogen-bond acceptors (Lipinski definition) is 3. The molecule has 0 fully saturated rings. The summed E-state index contributed by atoms with van der Waals surface area (Å²) in [6.45, 7) is 4.75. The Balaban J connectivity index is 2.48. The Kier molecular flexibility index (Phi) is 6.39. The molecule has 0 saturated carbocycles. The number of amides is 1. The first-order chi connectivity index (χ1) is 8.63. The molecule has 1 unspecified atom stereocenters. The van der Waals surface area contributed by atoms with Crippen molar-refractivity contribution in [1.82, 2.24) is 5.32 Å². The lowest BCUT2D eigenvalue weighted by Crippen LogP contribution is -2.26. The van der Waals surface area contributed by atoms with Gasteiger partial charge in [-0.15, -0.1) is 0 Å². The van der Waals surface area contributed by atoms with Gasteiger partial charge in [-0.05, 0) is 18.1 Å². The largest absolute Gasteiger partial charge is 0.392 e. The van der Waals surface area contributed by atoms with E-state index in [9.17, 15) is 9.90 Å². The fourth-order valence-corrected chi connectivity index (χ4v) is 1.79. The molecule has 4 heteroatoms. The molecule has 1 aromatic rings. The molecule has 100 valence electrons. The Labute approximate surface area is 108 Å². The summed E-state index contributed by atoms with van der Waals surface area (Å²) in [4.78, 5) is 11.1. The Morgan fingerprint density at radius 2 is 2.11 bits per heavy atom. The average molecular weight is 250 g/mol. The maximum atomic E-state index is 11.1. The van der Waals surface area contributed by atoms with Gasteiger partial charge in [0.1, 0.15) is 0 Å². The van der Waals surface area contributed by atoms with Crippen molar-refractivity contribution in [2.45, 2.75) is 39.3 Å². The van der Waals surface area contributed by atoms with Gasteiger partial charge in [-0.3, -0.25) is 4.79 Å². The second kappa shape index (κ2) is 7.84. The van der Waals surface area contributed by atoms with Gasteiger partial charge in [0.25, 0.3) is 0 Å². The van der Waals surface area contributed by atoms with Gasteiger partial charge in [-0.2, -0.15) is 0 Å². The Morgan fingerprint density at radius 3 is 2.78 bits per heavy atom. The highest BCUT2D eigenvalue weighted by atomic mass is 16.3. The number of para-hydroxylation sites is 1. The molecule has 0 aromatic heterocycles. The van der Waals surface area contributed by atoms with Crippen LogP contribution in [0.4, 0.5) is 5.69 Å². The van der Waals surface area contributed by atoms with E-state index in [1.807, 2.05) is 24.3 Å². The van der Waals surface area contributed by atoms with Crippen LogP contribution >= 0.6 is 0 Å². The average Bonchev–Trinajstić information content (AvgIpc) is 2.31. The van der Waals surface area contributed by atoms with Gasteiger partial charge in [0.05, 0.1) is 6.10 Å². The maximum Gasteiger partial charge on any atom is 0.221 e. The minimum absolute atomic E-state index is 0.0755. The van der Waals surface area contributed by atoms with E-state index in [4.69, 9.17) is 0 Å². The Hall–Kier alpha value is -1.39. The van der Waals surface area contributed by atoms with Crippen molar-refractivity contribution in [3.05, 3.63) is 29.8 Å². The number of benzene rings is 1. The summed E-state index contributed by atoms with van der Waals surface area (Å²) in [7, 11) is 0. The van der Waals surface area contributed by atoms with Crippen LogP contribution < -0.4 is 10.6 Å². The zero-order chi connectivity index (χ0) is 13.4. The van der Waals surface area contributed by atoms with Crippen LogP contribution in [0.5, 0.6) is 0 Å². The van der Waals surface area contributed by atoms with E-state index in [1.54, 1.807) is 0 Å². The molecule has 1 amide bonds. The number of anilines is 1. The lowest BCUT2D eigenvalue weighted by atomic mass is 10.1. The quantitative estimate of drug-likeness (QED) is 0.692. The molecule has 0 bridgehead atoms. The topological polar surface area (TPSA) is 61.4 Å². The third-order valence-corrected chi connectivity index (χ3v) is 2.65. The first-order valence-electron chi connectivity index (χ1n) is 6.37. The molecule has 3 N–H and O–H groups in total. The van der Waals surface area contributed by atoms with Crippen molar-refractivity contribution < 1.29 is 9.90 Å². The molecule has 18 heavy (non-hydrogen) atoms. The van der Waals surface area contributed by atoms with E-state index in [-0.39, 0.29) is 12.0 Å². The lowest BCUT2D eigenvalue weighted by Gasteiger charge is -2.13. The fourth-order valence-electron chi connectivity index (χ4n) is 1.79. The van der Waals surface area contributed by atoms with Crippen LogP contribution in [0, 0.1) is 0 Å². The highest BCUT2D eigenvalue weighted by Crippen LogP contribution is 2.14. The zero-order valence-corrected chi connectivity index (χ0v) is 11.1. The molecule has 1 rings (SSSR count). The van der Waals surface area contributed by atoms with E-state index in [0.29, 0.717) is 13.1 Å². The summed E-state index contributed by atoms with van der Waals surface area (Å²) in [5.41, 5.74) is 1.85. The van der Waals surface area contributed by atoms with Gasteiger partial charge in [-0.25, -0.2) is 0 Å². The molecule has 0 saturated heterocycles. The van der Waals surface area contributed by atoms with E-state index < -0.39 is 0 Å². The first-order valence-corrected chi connectivity index (χ1v) is 6.37. The van der Waals surface area contributed by atoms with Crippen LogP contribution in [0.15, 0.2) is 24.3 Å². The normalized spacial score (nSPS) is 12.2. The molecule has 1 atom stereocenters. The van der Waals surface area contributed by atoms with E-state index >= 15 is 0 Å². The number of nitrogens with one attached hydrogen (secondary N) is 2. The summed E-state index contributed by atoms with van der Waals surface area (Å²) in [5, 5.41) is 15.6. The van der Waals surface area contributed by atoms with Crippen LogP contribution in [0.1, 0.15) is 32.3 Å². The van der Waals surface area contributed by atoms with E-state index in [1.165, 1.54) is 6.92 Å². The Bertz CT molecular complexity index is 380. The summed E-state index contributed by atoms with van der Waals surface area (Å²) < 4.78 is 0. The molecular weight excluding hydrogens is 228 g/mol. The first kappa shape index (κ1) is 14.7. The molecule has 0 aliphatic rings. The number of rotatable bonds is 7. The molecule has 0 aliphatic heterocycles. The maximum absolute atomic E-state index is 11.1. The minimum atomic E-state index is -0.303. The van der Waals surface area contributed by atoms with Gasteiger partial charge in [0.2, 0.25) is 5.91 Å². The molecule has 0 radical (unpaired) electrons. The summed E-state index contributed by atoms with van der Waals surface area (Å²) in [6, 6.07) is 7.66. The highest BCUT2D eigenvalue weighted by molar-refractivity contribution is 5.89. The number of hydrogen-bond donors (Lipinski definition) is 3. The summed E-state index contributed by atoms with van der Waals surface area (Å²) >= 11 is 0. The predicted molar refractivity (Wildman–Crippen MR) is 73.4 cm³/mol. The molecule has 1 aromatic carbocycles. The van der Waals surface area contributed by atoms with Crippen LogP contribution in [-0.2, 0) is 11.3 Å². The second-order valence-electron chi connectivity index (χ2n) is 4.41. The predicted octanol–water partition coefficient (Wildman–Crippen LogP) is 1.90. The van der Waals surface area contributed by atoms with E-state index in [0.717, 1.165) is 24.1 Å². The lowest BCUT2D eigenvalue weighted by molar-refractivity contribution is -0.114. The molecule has 0 aliphatic carbocycles. The molecule has 4 nitrogen and oxygen atoms in total. The number of aliphatic hydroxyl groups excluding tert-OH is 1. The monoisotopic (exact) mass is 250 g/mol. The summed E-state index contributed by atoms with van der Waals surface area (Å²) in [5.74, 6) is -0.0755.